The number of hydrogen-bond acceptors (Lipinski definition) is 4. The Morgan fingerprint density at radius 1 is 1.17 bits per heavy atom. The summed E-state index contributed by atoms with van der Waals surface area (Å²) in [6, 6.07) is 3.99. The van der Waals surface area contributed by atoms with Crippen LogP contribution in [0.5, 0.6) is 0 Å². The van der Waals surface area contributed by atoms with Gasteiger partial charge in [0.25, 0.3) is 10.1 Å². The molecule has 0 saturated heterocycles. The number of halogens is 3. The number of alkyl halides is 3. The maximum absolute atomic E-state index is 12.6. The minimum Gasteiger partial charge on any atom is -0.286 e. The third kappa shape index (κ3) is 5.25. The van der Waals surface area contributed by atoms with Gasteiger partial charge in [0.1, 0.15) is 18.6 Å². The highest BCUT2D eigenvalue weighted by molar-refractivity contribution is 7.85. The fourth-order valence-electron chi connectivity index (χ4n) is 1.88. The molecule has 6 nitrogen and oxygen atoms in total. The number of aromatic nitrogens is 3. The second kappa shape index (κ2) is 6.59. The summed E-state index contributed by atoms with van der Waals surface area (Å²) in [6.45, 7) is 0.345. The summed E-state index contributed by atoms with van der Waals surface area (Å²) >= 11 is 0. The van der Waals surface area contributed by atoms with Crippen molar-refractivity contribution in [1.29, 1.82) is 0 Å². The lowest BCUT2D eigenvalue weighted by Crippen LogP contribution is -2.33. The van der Waals surface area contributed by atoms with E-state index >= 15 is 0 Å². The molecule has 124 valence electrons. The molecule has 0 aliphatic heterocycles. The largest absolute Gasteiger partial charge is 0.433 e. The van der Waals surface area contributed by atoms with Gasteiger partial charge in [0.15, 0.2) is 12.4 Å². The average molecular weight is 348 g/mol. The zero-order valence-corrected chi connectivity index (χ0v) is 12.5. The van der Waals surface area contributed by atoms with Crippen molar-refractivity contribution in [2.75, 3.05) is 5.75 Å². The number of hydrogen-bond donors (Lipinski definition) is 1. The van der Waals surface area contributed by atoms with Crippen LogP contribution in [-0.4, -0.2) is 28.7 Å². The molecule has 0 atom stereocenters. The Labute approximate surface area is 130 Å². The number of pyridine rings is 1. The van der Waals surface area contributed by atoms with E-state index in [0.717, 1.165) is 12.4 Å². The SMILES string of the molecule is O=S(=O)(O)CCC[n+]1ccc(-c2cc(C(F)(F)F)ncn2)cc1. The van der Waals surface area contributed by atoms with Gasteiger partial charge in [-0.3, -0.25) is 4.55 Å². The van der Waals surface area contributed by atoms with E-state index in [1.54, 1.807) is 29.1 Å². The summed E-state index contributed by atoms with van der Waals surface area (Å²) in [5.41, 5.74) is -0.409. The molecule has 2 aromatic rings. The van der Waals surface area contributed by atoms with E-state index in [9.17, 15) is 21.6 Å². The Kier molecular flexibility index (Phi) is 4.95. The van der Waals surface area contributed by atoms with Crippen molar-refractivity contribution in [3.8, 4) is 11.3 Å². The number of nitrogens with zero attached hydrogens (tertiary/aromatic N) is 3. The number of rotatable bonds is 5. The summed E-state index contributed by atoms with van der Waals surface area (Å²) in [4.78, 5) is 7.01. The van der Waals surface area contributed by atoms with Crippen molar-refractivity contribution in [3.63, 3.8) is 0 Å². The fraction of sp³-hybridized carbons (Fsp3) is 0.308. The van der Waals surface area contributed by atoms with Crippen molar-refractivity contribution in [3.05, 3.63) is 42.6 Å². The highest BCUT2D eigenvalue weighted by Gasteiger charge is 2.32. The molecule has 0 spiro atoms. The third-order valence-corrected chi connectivity index (χ3v) is 3.77. The van der Waals surface area contributed by atoms with Crippen LogP contribution < -0.4 is 4.57 Å². The van der Waals surface area contributed by atoms with Crippen LogP contribution in [0.15, 0.2) is 36.9 Å². The zero-order chi connectivity index (χ0) is 17.1. The topological polar surface area (TPSA) is 84.0 Å². The van der Waals surface area contributed by atoms with Gasteiger partial charge in [0.05, 0.1) is 11.4 Å². The van der Waals surface area contributed by atoms with Crippen molar-refractivity contribution >= 4 is 10.1 Å². The lowest BCUT2D eigenvalue weighted by Gasteiger charge is -2.06. The van der Waals surface area contributed by atoms with E-state index in [2.05, 4.69) is 9.97 Å². The van der Waals surface area contributed by atoms with Crippen molar-refractivity contribution < 1.29 is 30.7 Å². The third-order valence-electron chi connectivity index (χ3n) is 2.96. The number of aryl methyl sites for hydroxylation is 1. The predicted octanol–water partition coefficient (Wildman–Crippen LogP) is 1.73. The molecule has 0 fully saturated rings. The van der Waals surface area contributed by atoms with Crippen LogP contribution >= 0.6 is 0 Å². The Morgan fingerprint density at radius 3 is 2.39 bits per heavy atom. The van der Waals surface area contributed by atoms with Gasteiger partial charge in [-0.25, -0.2) is 14.5 Å². The lowest BCUT2D eigenvalue weighted by molar-refractivity contribution is -0.696. The molecule has 1 N–H and O–H groups in total. The summed E-state index contributed by atoms with van der Waals surface area (Å²) in [7, 11) is -4.00. The van der Waals surface area contributed by atoms with Crippen molar-refractivity contribution in [1.82, 2.24) is 9.97 Å². The van der Waals surface area contributed by atoms with Crippen LogP contribution in [0.4, 0.5) is 13.2 Å². The molecule has 0 radical (unpaired) electrons. The zero-order valence-electron chi connectivity index (χ0n) is 11.7. The van der Waals surface area contributed by atoms with Gasteiger partial charge in [-0.1, -0.05) is 0 Å². The van der Waals surface area contributed by atoms with Crippen LogP contribution in [-0.2, 0) is 22.8 Å². The monoisotopic (exact) mass is 348 g/mol. The standard InChI is InChI=1S/C13H12F3N3O3S/c14-13(15,16)12-8-11(17-9-18-12)10-2-5-19(6-3-10)4-1-7-23(20,21)22/h2-3,5-6,8-9H,1,4,7H2/p+1. The predicted molar refractivity (Wildman–Crippen MR) is 73.7 cm³/mol. The first-order valence-corrected chi connectivity index (χ1v) is 8.10. The molecule has 2 rings (SSSR count). The molecule has 0 bridgehead atoms. The van der Waals surface area contributed by atoms with Gasteiger partial charge in [-0.2, -0.15) is 21.6 Å². The van der Waals surface area contributed by atoms with E-state index in [-0.39, 0.29) is 17.9 Å². The van der Waals surface area contributed by atoms with Crippen LogP contribution in [0.3, 0.4) is 0 Å². The smallest absolute Gasteiger partial charge is 0.286 e. The fourth-order valence-corrected chi connectivity index (χ4v) is 2.37. The Bertz CT molecular complexity index is 777. The quantitative estimate of drug-likeness (QED) is 0.657. The van der Waals surface area contributed by atoms with E-state index in [1.165, 1.54) is 0 Å². The molecule has 0 unspecified atom stereocenters. The van der Waals surface area contributed by atoms with Gasteiger partial charge >= 0.3 is 6.18 Å². The van der Waals surface area contributed by atoms with Crippen LogP contribution in [0, 0.1) is 0 Å². The molecule has 0 aliphatic carbocycles. The summed E-state index contributed by atoms with van der Waals surface area (Å²) in [5, 5.41) is 0. The molecule has 10 heteroatoms. The molecule has 0 aromatic carbocycles. The van der Waals surface area contributed by atoms with Crippen LogP contribution in [0.25, 0.3) is 11.3 Å². The normalized spacial score (nSPS) is 12.3. The molecule has 0 saturated carbocycles. The van der Waals surface area contributed by atoms with Crippen molar-refractivity contribution in [2.45, 2.75) is 19.1 Å². The molecule has 2 heterocycles. The second-order valence-corrected chi connectivity index (χ2v) is 6.32. The van der Waals surface area contributed by atoms with Gasteiger partial charge in [0, 0.05) is 24.1 Å². The second-order valence-electron chi connectivity index (χ2n) is 4.75. The summed E-state index contributed by atoms with van der Waals surface area (Å²) in [5.74, 6) is -0.359. The first kappa shape index (κ1) is 17.3. The van der Waals surface area contributed by atoms with Crippen molar-refractivity contribution in [2.24, 2.45) is 0 Å². The average Bonchev–Trinajstić information content (AvgIpc) is 2.46. The molecular weight excluding hydrogens is 335 g/mol. The van der Waals surface area contributed by atoms with E-state index in [1.807, 2.05) is 0 Å². The van der Waals surface area contributed by atoms with E-state index in [0.29, 0.717) is 12.1 Å². The maximum atomic E-state index is 12.6. The molecule has 2 aromatic heterocycles. The lowest BCUT2D eigenvalue weighted by atomic mass is 10.1. The van der Waals surface area contributed by atoms with Crippen LogP contribution in [0.1, 0.15) is 12.1 Å². The highest BCUT2D eigenvalue weighted by atomic mass is 32.2. The molecular formula is C13H13F3N3O3S+. The van der Waals surface area contributed by atoms with Gasteiger partial charge < -0.3 is 0 Å². The first-order valence-electron chi connectivity index (χ1n) is 6.49. The Hall–Kier alpha value is -2.07. The van der Waals surface area contributed by atoms with Gasteiger partial charge in [0.2, 0.25) is 0 Å². The summed E-state index contributed by atoms with van der Waals surface area (Å²) in [6.07, 6.45) is -0.286. The van der Waals surface area contributed by atoms with Gasteiger partial charge in [-0.15, -0.1) is 0 Å². The van der Waals surface area contributed by atoms with Crippen LogP contribution in [0.2, 0.25) is 0 Å². The molecule has 0 aliphatic rings. The Balaban J connectivity index is 2.11. The van der Waals surface area contributed by atoms with Gasteiger partial charge in [-0.05, 0) is 6.07 Å². The first-order chi connectivity index (χ1) is 10.6. The molecule has 23 heavy (non-hydrogen) atoms. The van der Waals surface area contributed by atoms with E-state index < -0.39 is 22.0 Å². The summed E-state index contributed by atoms with van der Waals surface area (Å²) < 4.78 is 69.4. The van der Waals surface area contributed by atoms with E-state index in [4.69, 9.17) is 4.55 Å². The minimum absolute atomic E-state index is 0.136. The maximum Gasteiger partial charge on any atom is 0.433 e. The Morgan fingerprint density at radius 2 is 1.83 bits per heavy atom. The highest BCUT2D eigenvalue weighted by Crippen LogP contribution is 2.29. The minimum atomic E-state index is -4.54. The molecule has 0 amide bonds.